The first kappa shape index (κ1) is 18.3. The van der Waals surface area contributed by atoms with Gasteiger partial charge < -0.3 is 4.74 Å². The number of hydrogen-bond acceptors (Lipinski definition) is 6. The summed E-state index contributed by atoms with van der Waals surface area (Å²) in [5.74, 6) is 0.221. The van der Waals surface area contributed by atoms with E-state index in [-0.39, 0.29) is 29.5 Å². The van der Waals surface area contributed by atoms with Gasteiger partial charge in [0.25, 0.3) is 5.88 Å². The lowest BCUT2D eigenvalue weighted by atomic mass is 9.94. The Morgan fingerprint density at radius 3 is 2.50 bits per heavy atom. The van der Waals surface area contributed by atoms with E-state index in [9.17, 15) is 8.42 Å². The zero-order valence-electron chi connectivity index (χ0n) is 14.2. The Morgan fingerprint density at radius 1 is 1.12 bits per heavy atom. The second-order valence-corrected chi connectivity index (χ2v) is 8.03. The van der Waals surface area contributed by atoms with Crippen molar-refractivity contribution in [1.82, 2.24) is 14.7 Å². The van der Waals surface area contributed by atoms with Crippen molar-refractivity contribution < 1.29 is 13.2 Å². The fourth-order valence-electron chi connectivity index (χ4n) is 3.03. The van der Waals surface area contributed by atoms with E-state index in [1.807, 2.05) is 24.3 Å². The zero-order chi connectivity index (χ0) is 18.4. The highest BCUT2D eigenvalue weighted by Gasteiger charge is 2.26. The summed E-state index contributed by atoms with van der Waals surface area (Å²) in [5, 5.41) is 9.03. The van der Waals surface area contributed by atoms with Crippen LogP contribution in [0.15, 0.2) is 42.7 Å². The monoisotopic (exact) mass is 372 g/mol. The van der Waals surface area contributed by atoms with Crippen molar-refractivity contribution in [2.75, 3.05) is 0 Å². The summed E-state index contributed by atoms with van der Waals surface area (Å²) >= 11 is 0. The molecule has 1 fully saturated rings. The van der Waals surface area contributed by atoms with Crippen LogP contribution in [-0.4, -0.2) is 30.5 Å². The van der Waals surface area contributed by atoms with Crippen molar-refractivity contribution >= 4 is 10.0 Å². The molecule has 26 heavy (non-hydrogen) atoms. The Bertz CT molecular complexity index is 873. The van der Waals surface area contributed by atoms with Crippen molar-refractivity contribution in [2.45, 2.75) is 43.6 Å². The fraction of sp³-hybridized carbons (Fsp3) is 0.389. The van der Waals surface area contributed by atoms with Gasteiger partial charge >= 0.3 is 0 Å². The summed E-state index contributed by atoms with van der Waals surface area (Å²) in [6, 6.07) is 11.0. The Balaban J connectivity index is 1.51. The van der Waals surface area contributed by atoms with E-state index in [0.29, 0.717) is 25.7 Å². The van der Waals surface area contributed by atoms with Gasteiger partial charge in [-0.3, -0.25) is 0 Å². The van der Waals surface area contributed by atoms with Gasteiger partial charge in [0.05, 0.1) is 5.75 Å². The Morgan fingerprint density at radius 2 is 1.81 bits per heavy atom. The van der Waals surface area contributed by atoms with E-state index >= 15 is 0 Å². The second-order valence-electron chi connectivity index (χ2n) is 6.28. The summed E-state index contributed by atoms with van der Waals surface area (Å²) < 4.78 is 33.2. The maximum atomic E-state index is 12.3. The summed E-state index contributed by atoms with van der Waals surface area (Å²) in [6.45, 7) is 0. The number of nitrogens with one attached hydrogen (secondary N) is 1. The topological polar surface area (TPSA) is 105 Å². The Labute approximate surface area is 153 Å². The average Bonchev–Trinajstić information content (AvgIpc) is 2.64. The number of hydrogen-bond donors (Lipinski definition) is 1. The van der Waals surface area contributed by atoms with Crippen LogP contribution in [0, 0.1) is 11.3 Å². The first-order valence-corrected chi connectivity index (χ1v) is 10.1. The lowest BCUT2D eigenvalue weighted by Crippen LogP contribution is -2.40. The predicted molar refractivity (Wildman–Crippen MR) is 95.6 cm³/mol. The molecule has 0 aliphatic heterocycles. The molecule has 0 radical (unpaired) electrons. The van der Waals surface area contributed by atoms with Crippen LogP contribution < -0.4 is 9.46 Å². The van der Waals surface area contributed by atoms with Crippen LogP contribution in [0.4, 0.5) is 0 Å². The molecule has 0 spiro atoms. The first-order valence-electron chi connectivity index (χ1n) is 8.47. The summed E-state index contributed by atoms with van der Waals surface area (Å²) in [4.78, 5) is 7.98. The highest BCUT2D eigenvalue weighted by atomic mass is 32.2. The molecule has 2 aromatic rings. The third kappa shape index (κ3) is 5.00. The van der Waals surface area contributed by atoms with E-state index in [1.165, 1.54) is 12.4 Å². The number of nitrogens with zero attached hydrogens (tertiary/aromatic N) is 3. The molecule has 1 saturated carbocycles. The van der Waals surface area contributed by atoms with E-state index in [4.69, 9.17) is 10.00 Å². The molecule has 1 aliphatic carbocycles. The van der Waals surface area contributed by atoms with Gasteiger partial charge in [-0.15, -0.1) is 0 Å². The number of ether oxygens (including phenoxy) is 1. The fourth-order valence-corrected chi connectivity index (χ4v) is 4.49. The maximum Gasteiger partial charge on any atom is 0.251 e. The number of aromatic nitrogens is 2. The summed E-state index contributed by atoms with van der Waals surface area (Å²) in [6.07, 6.45) is 5.60. The van der Waals surface area contributed by atoms with Gasteiger partial charge in [-0.1, -0.05) is 30.3 Å². The second kappa shape index (κ2) is 8.25. The Hall–Kier alpha value is -2.50. The van der Waals surface area contributed by atoms with Crippen LogP contribution in [0.3, 0.4) is 0 Å². The molecule has 0 saturated heterocycles. The van der Waals surface area contributed by atoms with Crippen LogP contribution in [0.2, 0.25) is 0 Å². The van der Waals surface area contributed by atoms with Crippen LogP contribution >= 0.6 is 0 Å². The number of rotatable bonds is 6. The van der Waals surface area contributed by atoms with Crippen LogP contribution in [0.5, 0.6) is 5.88 Å². The van der Waals surface area contributed by atoms with E-state index in [0.717, 1.165) is 5.56 Å². The number of benzene rings is 1. The molecule has 7 nitrogen and oxygen atoms in total. The molecule has 1 aromatic carbocycles. The van der Waals surface area contributed by atoms with Gasteiger partial charge in [-0.25, -0.2) is 23.1 Å². The van der Waals surface area contributed by atoms with Gasteiger partial charge in [-0.2, -0.15) is 5.26 Å². The summed E-state index contributed by atoms with van der Waals surface area (Å²) in [5.41, 5.74) is 0.932. The van der Waals surface area contributed by atoms with E-state index in [2.05, 4.69) is 14.7 Å². The number of nitriles is 1. The summed E-state index contributed by atoms with van der Waals surface area (Å²) in [7, 11) is -3.38. The van der Waals surface area contributed by atoms with Crippen molar-refractivity contribution in [3.63, 3.8) is 0 Å². The zero-order valence-corrected chi connectivity index (χ0v) is 15.0. The third-order valence-corrected chi connectivity index (χ3v) is 5.67. The Kier molecular flexibility index (Phi) is 5.81. The van der Waals surface area contributed by atoms with Gasteiger partial charge in [0.2, 0.25) is 15.7 Å². The quantitative estimate of drug-likeness (QED) is 0.833. The first-order chi connectivity index (χ1) is 12.6. The standard InChI is InChI=1S/C18H20N4O3S/c19-12-17-18(21-11-10-20-17)25-16-8-6-15(7-9-16)22-26(23,24)13-14-4-2-1-3-5-14/h1-5,10-11,15-16,22H,6-9,13H2. The van der Waals surface area contributed by atoms with Gasteiger partial charge in [-0.05, 0) is 31.2 Å². The van der Waals surface area contributed by atoms with Crippen molar-refractivity contribution in [1.29, 1.82) is 5.26 Å². The van der Waals surface area contributed by atoms with Crippen LogP contribution in [-0.2, 0) is 15.8 Å². The van der Waals surface area contributed by atoms with E-state index < -0.39 is 10.0 Å². The van der Waals surface area contributed by atoms with Gasteiger partial charge in [0.15, 0.2) is 0 Å². The van der Waals surface area contributed by atoms with Crippen molar-refractivity contribution in [3.05, 3.63) is 54.0 Å². The molecular formula is C18H20N4O3S. The largest absolute Gasteiger partial charge is 0.472 e. The molecule has 0 unspecified atom stereocenters. The molecule has 8 heteroatoms. The van der Waals surface area contributed by atoms with Gasteiger partial charge in [0.1, 0.15) is 12.2 Å². The molecular weight excluding hydrogens is 352 g/mol. The lowest BCUT2D eigenvalue weighted by Gasteiger charge is -2.29. The lowest BCUT2D eigenvalue weighted by molar-refractivity contribution is 0.137. The van der Waals surface area contributed by atoms with Crippen LogP contribution in [0.25, 0.3) is 0 Å². The molecule has 1 aliphatic rings. The molecule has 3 rings (SSSR count). The predicted octanol–water partition coefficient (Wildman–Crippen LogP) is 2.16. The SMILES string of the molecule is N#Cc1nccnc1OC1CCC(NS(=O)(=O)Cc2ccccc2)CC1. The third-order valence-electron chi connectivity index (χ3n) is 4.27. The molecule has 0 amide bonds. The minimum atomic E-state index is -3.38. The maximum absolute atomic E-state index is 12.3. The van der Waals surface area contributed by atoms with Gasteiger partial charge in [0, 0.05) is 18.4 Å². The molecule has 0 atom stereocenters. The minimum absolute atomic E-state index is 0.0184. The minimum Gasteiger partial charge on any atom is -0.472 e. The highest BCUT2D eigenvalue weighted by molar-refractivity contribution is 7.88. The molecule has 1 N–H and O–H groups in total. The number of sulfonamides is 1. The highest BCUT2D eigenvalue weighted by Crippen LogP contribution is 2.24. The molecule has 1 aromatic heterocycles. The van der Waals surface area contributed by atoms with E-state index in [1.54, 1.807) is 12.1 Å². The molecule has 1 heterocycles. The van der Waals surface area contributed by atoms with Crippen molar-refractivity contribution in [2.24, 2.45) is 0 Å². The van der Waals surface area contributed by atoms with Crippen molar-refractivity contribution in [3.8, 4) is 11.9 Å². The van der Waals surface area contributed by atoms with Crippen LogP contribution in [0.1, 0.15) is 36.9 Å². The smallest absolute Gasteiger partial charge is 0.251 e. The normalized spacial score (nSPS) is 20.3. The average molecular weight is 372 g/mol. The molecule has 136 valence electrons. The molecule has 0 bridgehead atoms.